The summed E-state index contributed by atoms with van der Waals surface area (Å²) in [4.78, 5) is 14.4. The Hall–Kier alpha value is -2.11. The number of hydrogen-bond acceptors (Lipinski definition) is 4. The Morgan fingerprint density at radius 1 is 1.50 bits per heavy atom. The number of aromatic nitrogens is 2. The molecule has 84 valence electrons. The second-order valence-corrected chi connectivity index (χ2v) is 3.88. The maximum absolute atomic E-state index is 10.9. The van der Waals surface area contributed by atoms with Crippen LogP contribution in [0, 0.1) is 10.1 Å². The van der Waals surface area contributed by atoms with E-state index in [-0.39, 0.29) is 11.7 Å². The lowest BCUT2D eigenvalue weighted by molar-refractivity contribution is -0.387. The highest BCUT2D eigenvalue weighted by molar-refractivity contribution is 5.66. The van der Waals surface area contributed by atoms with Crippen molar-refractivity contribution in [3.05, 3.63) is 34.1 Å². The molecular formula is C10H12N4O2. The lowest BCUT2D eigenvalue weighted by Gasteiger charge is -2.02. The number of nitrogens with two attached hydrogens (primary N) is 1. The van der Waals surface area contributed by atoms with Crippen molar-refractivity contribution in [1.29, 1.82) is 0 Å². The Labute approximate surface area is 91.9 Å². The number of fused-ring (bicyclic) bond motifs is 1. The number of rotatable bonds is 2. The second kappa shape index (κ2) is 3.48. The van der Waals surface area contributed by atoms with E-state index in [0.717, 1.165) is 0 Å². The summed E-state index contributed by atoms with van der Waals surface area (Å²) in [5.74, 6) is 1.00. The van der Waals surface area contributed by atoms with Crippen LogP contribution >= 0.6 is 0 Å². The lowest BCUT2D eigenvalue weighted by atomic mass is 10.2. The summed E-state index contributed by atoms with van der Waals surface area (Å²) in [6, 6.07) is 5.03. The molecule has 6 nitrogen and oxygen atoms in total. The first-order valence-electron chi connectivity index (χ1n) is 4.93. The molecule has 0 aliphatic carbocycles. The molecule has 0 saturated carbocycles. The highest BCUT2D eigenvalue weighted by Crippen LogP contribution is 2.26. The van der Waals surface area contributed by atoms with E-state index in [1.807, 2.05) is 13.8 Å². The summed E-state index contributed by atoms with van der Waals surface area (Å²) >= 11 is 0. The van der Waals surface area contributed by atoms with E-state index in [2.05, 4.69) is 4.98 Å². The minimum Gasteiger partial charge on any atom is -0.385 e. The van der Waals surface area contributed by atoms with Gasteiger partial charge in [0.15, 0.2) is 0 Å². The van der Waals surface area contributed by atoms with Gasteiger partial charge >= 0.3 is 5.82 Å². The molecule has 0 aromatic carbocycles. The van der Waals surface area contributed by atoms with Crippen LogP contribution in [0.5, 0.6) is 0 Å². The van der Waals surface area contributed by atoms with Crippen LogP contribution in [0.1, 0.15) is 25.6 Å². The number of anilines is 1. The van der Waals surface area contributed by atoms with Gasteiger partial charge in [0.2, 0.25) is 5.82 Å². The SMILES string of the molecule is CC(C)c1nc([N+](=O)[O-])c2cccc(N)n12. The predicted octanol–water partition coefficient (Wildman–Crippen LogP) is 1.95. The van der Waals surface area contributed by atoms with Crippen LogP contribution in [0.15, 0.2) is 18.2 Å². The summed E-state index contributed by atoms with van der Waals surface area (Å²) in [5.41, 5.74) is 6.25. The average molecular weight is 220 g/mol. The zero-order valence-corrected chi connectivity index (χ0v) is 9.04. The van der Waals surface area contributed by atoms with Gasteiger partial charge in [-0.1, -0.05) is 19.9 Å². The summed E-state index contributed by atoms with van der Waals surface area (Å²) in [6.45, 7) is 3.84. The number of hydrogen-bond donors (Lipinski definition) is 1. The van der Waals surface area contributed by atoms with E-state index in [9.17, 15) is 10.1 Å². The molecule has 0 amide bonds. The van der Waals surface area contributed by atoms with Crippen LogP contribution in [-0.4, -0.2) is 14.3 Å². The van der Waals surface area contributed by atoms with Gasteiger partial charge in [-0.25, -0.2) is 0 Å². The van der Waals surface area contributed by atoms with E-state index in [1.54, 1.807) is 22.6 Å². The molecule has 2 N–H and O–H groups in total. The van der Waals surface area contributed by atoms with Crippen molar-refractivity contribution >= 4 is 17.2 Å². The van der Waals surface area contributed by atoms with Crippen LogP contribution in [0.3, 0.4) is 0 Å². The summed E-state index contributed by atoms with van der Waals surface area (Å²) in [6.07, 6.45) is 0. The number of pyridine rings is 1. The maximum atomic E-state index is 10.9. The monoisotopic (exact) mass is 220 g/mol. The molecule has 0 fully saturated rings. The Morgan fingerprint density at radius 2 is 2.19 bits per heavy atom. The molecule has 0 unspecified atom stereocenters. The van der Waals surface area contributed by atoms with E-state index < -0.39 is 4.92 Å². The summed E-state index contributed by atoms with van der Waals surface area (Å²) in [5, 5.41) is 10.9. The Kier molecular flexibility index (Phi) is 2.26. The predicted molar refractivity (Wildman–Crippen MR) is 60.3 cm³/mol. The largest absolute Gasteiger partial charge is 0.389 e. The molecule has 0 aliphatic heterocycles. The molecule has 0 spiro atoms. The molecule has 6 heteroatoms. The van der Waals surface area contributed by atoms with Gasteiger partial charge in [0.25, 0.3) is 0 Å². The van der Waals surface area contributed by atoms with Gasteiger partial charge in [-0.05, 0) is 22.0 Å². The van der Waals surface area contributed by atoms with Crippen molar-refractivity contribution < 1.29 is 4.92 Å². The number of nitrogens with zero attached hydrogens (tertiary/aromatic N) is 3. The second-order valence-electron chi connectivity index (χ2n) is 3.88. The standard InChI is InChI=1S/C10H12N4O2/c1-6(2)9-12-10(14(15)16)7-4-3-5-8(11)13(7)9/h3-6H,11H2,1-2H3. The maximum Gasteiger partial charge on any atom is 0.389 e. The molecular weight excluding hydrogens is 208 g/mol. The van der Waals surface area contributed by atoms with Crippen LogP contribution in [0.2, 0.25) is 0 Å². The van der Waals surface area contributed by atoms with E-state index in [1.165, 1.54) is 0 Å². The van der Waals surface area contributed by atoms with Crippen LogP contribution in [-0.2, 0) is 0 Å². The smallest absolute Gasteiger partial charge is 0.385 e. The third kappa shape index (κ3) is 1.39. The molecule has 0 saturated heterocycles. The zero-order chi connectivity index (χ0) is 11.9. The van der Waals surface area contributed by atoms with Crippen LogP contribution < -0.4 is 5.73 Å². The van der Waals surface area contributed by atoms with Gasteiger partial charge in [0, 0.05) is 5.92 Å². The summed E-state index contributed by atoms with van der Waals surface area (Å²) < 4.78 is 1.63. The average Bonchev–Trinajstić information content (AvgIpc) is 2.58. The molecule has 2 aromatic rings. The minimum absolute atomic E-state index is 0.0749. The molecule has 0 bridgehead atoms. The van der Waals surface area contributed by atoms with Gasteiger partial charge in [0.05, 0.1) is 0 Å². The van der Waals surface area contributed by atoms with Crippen molar-refractivity contribution in [3.8, 4) is 0 Å². The fourth-order valence-electron chi connectivity index (χ4n) is 1.69. The van der Waals surface area contributed by atoms with Gasteiger partial charge in [-0.15, -0.1) is 0 Å². The fourth-order valence-corrected chi connectivity index (χ4v) is 1.69. The van der Waals surface area contributed by atoms with Crippen molar-refractivity contribution in [2.24, 2.45) is 0 Å². The van der Waals surface area contributed by atoms with Crippen molar-refractivity contribution in [2.45, 2.75) is 19.8 Å². The van der Waals surface area contributed by atoms with Crippen molar-refractivity contribution in [1.82, 2.24) is 9.38 Å². The van der Waals surface area contributed by atoms with Gasteiger partial charge in [0.1, 0.15) is 11.3 Å². The zero-order valence-electron chi connectivity index (χ0n) is 9.04. The molecule has 2 rings (SSSR count). The number of nitro groups is 1. The van der Waals surface area contributed by atoms with Gasteiger partial charge < -0.3 is 15.8 Å². The summed E-state index contributed by atoms with van der Waals surface area (Å²) in [7, 11) is 0. The number of nitrogen functional groups attached to an aromatic ring is 1. The first-order chi connectivity index (χ1) is 7.52. The molecule has 0 aliphatic rings. The molecule has 2 aromatic heterocycles. The highest BCUT2D eigenvalue weighted by atomic mass is 16.6. The topological polar surface area (TPSA) is 86.5 Å². The van der Waals surface area contributed by atoms with Crippen molar-refractivity contribution in [2.75, 3.05) is 5.73 Å². The lowest BCUT2D eigenvalue weighted by Crippen LogP contribution is -2.02. The third-order valence-corrected chi connectivity index (χ3v) is 2.39. The number of imidazole rings is 1. The molecule has 0 radical (unpaired) electrons. The van der Waals surface area contributed by atoms with E-state index >= 15 is 0 Å². The van der Waals surface area contributed by atoms with E-state index in [0.29, 0.717) is 17.2 Å². The van der Waals surface area contributed by atoms with Crippen molar-refractivity contribution in [3.63, 3.8) is 0 Å². The minimum atomic E-state index is -0.485. The van der Waals surface area contributed by atoms with Crippen LogP contribution in [0.4, 0.5) is 11.6 Å². The molecule has 2 heterocycles. The quantitative estimate of drug-likeness (QED) is 0.619. The highest BCUT2D eigenvalue weighted by Gasteiger charge is 2.24. The van der Waals surface area contributed by atoms with E-state index in [4.69, 9.17) is 5.73 Å². The van der Waals surface area contributed by atoms with Gasteiger partial charge in [-0.2, -0.15) is 0 Å². The molecule has 0 atom stereocenters. The fraction of sp³-hybridized carbons (Fsp3) is 0.300. The third-order valence-electron chi connectivity index (χ3n) is 2.39. The Bertz CT molecular complexity index is 559. The Balaban J connectivity index is 2.87. The van der Waals surface area contributed by atoms with Gasteiger partial charge in [-0.3, -0.25) is 4.40 Å². The first-order valence-corrected chi connectivity index (χ1v) is 4.93. The van der Waals surface area contributed by atoms with Crippen LogP contribution in [0.25, 0.3) is 5.52 Å². The molecule has 16 heavy (non-hydrogen) atoms. The first kappa shape index (κ1) is 10.4. The Morgan fingerprint density at radius 3 is 2.75 bits per heavy atom. The normalized spacial score (nSPS) is 11.2.